The lowest BCUT2D eigenvalue weighted by Crippen LogP contribution is -2.50. The highest BCUT2D eigenvalue weighted by atomic mass is 79.9. The maximum atomic E-state index is 12.4. The molecule has 104 valence electrons. The number of halogens is 1. The van der Waals surface area contributed by atoms with Crippen LogP contribution in [-0.2, 0) is 4.74 Å². The summed E-state index contributed by atoms with van der Waals surface area (Å²) in [5.74, 6) is 0.167. The SMILES string of the molecule is CCC1COC(C)CN1CC(=O)c1ccccc1Br. The highest BCUT2D eigenvalue weighted by Gasteiger charge is 2.27. The maximum absolute atomic E-state index is 12.4. The molecule has 0 aliphatic carbocycles. The van der Waals surface area contributed by atoms with E-state index in [4.69, 9.17) is 4.74 Å². The van der Waals surface area contributed by atoms with Crippen LogP contribution in [0.15, 0.2) is 28.7 Å². The van der Waals surface area contributed by atoms with Gasteiger partial charge >= 0.3 is 0 Å². The summed E-state index contributed by atoms with van der Waals surface area (Å²) >= 11 is 3.44. The number of ether oxygens (including phenoxy) is 1. The van der Waals surface area contributed by atoms with Crippen LogP contribution < -0.4 is 0 Å². The largest absolute Gasteiger partial charge is 0.376 e. The van der Waals surface area contributed by atoms with Gasteiger partial charge in [0.1, 0.15) is 0 Å². The van der Waals surface area contributed by atoms with E-state index in [2.05, 4.69) is 34.7 Å². The third kappa shape index (κ3) is 3.65. The number of ketones is 1. The lowest BCUT2D eigenvalue weighted by atomic mass is 10.1. The summed E-state index contributed by atoms with van der Waals surface area (Å²) in [6, 6.07) is 7.95. The van der Waals surface area contributed by atoms with Crippen LogP contribution in [0, 0.1) is 0 Å². The number of rotatable bonds is 4. The van der Waals surface area contributed by atoms with Gasteiger partial charge in [0, 0.05) is 22.6 Å². The van der Waals surface area contributed by atoms with E-state index in [0.717, 1.165) is 29.6 Å². The molecular weight excluding hydrogens is 306 g/mol. The fourth-order valence-electron chi connectivity index (χ4n) is 2.44. The van der Waals surface area contributed by atoms with Crippen LogP contribution >= 0.6 is 15.9 Å². The minimum absolute atomic E-state index is 0.167. The summed E-state index contributed by atoms with van der Waals surface area (Å²) < 4.78 is 6.53. The van der Waals surface area contributed by atoms with Crippen LogP contribution in [0.5, 0.6) is 0 Å². The molecule has 2 atom stereocenters. The zero-order valence-corrected chi connectivity index (χ0v) is 13.0. The van der Waals surface area contributed by atoms with E-state index in [-0.39, 0.29) is 11.9 Å². The monoisotopic (exact) mass is 325 g/mol. The molecule has 0 N–H and O–H groups in total. The summed E-state index contributed by atoms with van der Waals surface area (Å²) in [4.78, 5) is 14.6. The van der Waals surface area contributed by atoms with Crippen molar-refractivity contribution in [3.8, 4) is 0 Å². The summed E-state index contributed by atoms with van der Waals surface area (Å²) in [5, 5.41) is 0. The van der Waals surface area contributed by atoms with Crippen molar-refractivity contribution in [3.05, 3.63) is 34.3 Å². The standard InChI is InChI=1S/C15H20BrNO2/c1-3-12-10-19-11(2)8-17(12)9-15(18)13-6-4-5-7-14(13)16/h4-7,11-12H,3,8-10H2,1-2H3. The van der Waals surface area contributed by atoms with Gasteiger partial charge < -0.3 is 4.74 Å². The molecule has 2 rings (SSSR count). The normalized spacial score (nSPS) is 24.4. The molecule has 3 nitrogen and oxygen atoms in total. The predicted molar refractivity (Wildman–Crippen MR) is 79.5 cm³/mol. The number of benzene rings is 1. The van der Waals surface area contributed by atoms with E-state index in [1.54, 1.807) is 0 Å². The third-order valence-corrected chi connectivity index (χ3v) is 4.26. The van der Waals surface area contributed by atoms with Crippen molar-refractivity contribution in [2.45, 2.75) is 32.4 Å². The topological polar surface area (TPSA) is 29.5 Å². The number of hydrogen-bond acceptors (Lipinski definition) is 3. The second kappa shape index (κ2) is 6.64. The maximum Gasteiger partial charge on any atom is 0.177 e. The Morgan fingerprint density at radius 1 is 1.47 bits per heavy atom. The van der Waals surface area contributed by atoms with E-state index in [9.17, 15) is 4.79 Å². The van der Waals surface area contributed by atoms with Crippen molar-refractivity contribution in [2.75, 3.05) is 19.7 Å². The van der Waals surface area contributed by atoms with Crippen LogP contribution in [0.4, 0.5) is 0 Å². The average Bonchev–Trinajstić information content (AvgIpc) is 2.39. The van der Waals surface area contributed by atoms with Crippen molar-refractivity contribution in [1.29, 1.82) is 0 Å². The molecule has 0 spiro atoms. The van der Waals surface area contributed by atoms with Gasteiger partial charge in [0.25, 0.3) is 0 Å². The van der Waals surface area contributed by atoms with E-state index in [0.29, 0.717) is 12.6 Å². The summed E-state index contributed by atoms with van der Waals surface area (Å²) in [5.41, 5.74) is 0.761. The lowest BCUT2D eigenvalue weighted by Gasteiger charge is -2.37. The molecule has 1 aromatic carbocycles. The van der Waals surface area contributed by atoms with Crippen molar-refractivity contribution in [1.82, 2.24) is 4.90 Å². The molecule has 1 saturated heterocycles. The summed E-state index contributed by atoms with van der Waals surface area (Å²) in [6.45, 7) is 6.21. The quantitative estimate of drug-likeness (QED) is 0.796. The molecule has 1 aliphatic heterocycles. The van der Waals surface area contributed by atoms with Crippen molar-refractivity contribution in [3.63, 3.8) is 0 Å². The fourth-order valence-corrected chi connectivity index (χ4v) is 2.95. The van der Waals surface area contributed by atoms with E-state index in [1.807, 2.05) is 24.3 Å². The number of morpholine rings is 1. The highest BCUT2D eigenvalue weighted by molar-refractivity contribution is 9.10. The van der Waals surface area contributed by atoms with Gasteiger partial charge in [0.15, 0.2) is 5.78 Å². The molecule has 19 heavy (non-hydrogen) atoms. The Bertz CT molecular complexity index is 450. The van der Waals surface area contributed by atoms with Gasteiger partial charge in [-0.25, -0.2) is 0 Å². The van der Waals surface area contributed by atoms with Crippen LogP contribution in [0.3, 0.4) is 0 Å². The Kier molecular flexibility index (Phi) is 5.13. The van der Waals surface area contributed by atoms with E-state index < -0.39 is 0 Å². The minimum Gasteiger partial charge on any atom is -0.376 e. The molecule has 1 heterocycles. The first kappa shape index (κ1) is 14.7. The molecule has 0 saturated carbocycles. The van der Waals surface area contributed by atoms with Gasteiger partial charge in [-0.05, 0) is 19.4 Å². The molecule has 4 heteroatoms. The van der Waals surface area contributed by atoms with Crippen molar-refractivity contribution >= 4 is 21.7 Å². The second-order valence-corrected chi connectivity index (χ2v) is 5.89. The first-order valence-corrected chi connectivity index (χ1v) is 7.54. The van der Waals surface area contributed by atoms with Crippen molar-refractivity contribution in [2.24, 2.45) is 0 Å². The first-order chi connectivity index (χ1) is 9.11. The molecule has 2 unspecified atom stereocenters. The van der Waals surface area contributed by atoms with Gasteiger partial charge in [-0.1, -0.05) is 41.1 Å². The zero-order valence-electron chi connectivity index (χ0n) is 11.4. The molecule has 0 radical (unpaired) electrons. The van der Waals surface area contributed by atoms with Crippen molar-refractivity contribution < 1.29 is 9.53 Å². The average molecular weight is 326 g/mol. The molecule has 0 bridgehead atoms. The van der Waals surface area contributed by atoms with Crippen LogP contribution in [0.2, 0.25) is 0 Å². The van der Waals surface area contributed by atoms with Gasteiger partial charge in [0.2, 0.25) is 0 Å². The van der Waals surface area contributed by atoms with E-state index >= 15 is 0 Å². The Hall–Kier alpha value is -0.710. The summed E-state index contributed by atoms with van der Waals surface area (Å²) in [7, 11) is 0. The van der Waals surface area contributed by atoms with Gasteiger partial charge in [-0.15, -0.1) is 0 Å². The molecular formula is C15H20BrNO2. The molecule has 1 aromatic rings. The first-order valence-electron chi connectivity index (χ1n) is 6.75. The van der Waals surface area contributed by atoms with Gasteiger partial charge in [0.05, 0.1) is 19.3 Å². The van der Waals surface area contributed by atoms with Crippen LogP contribution in [0.1, 0.15) is 30.6 Å². The number of carbonyl (C=O) groups excluding carboxylic acids is 1. The van der Waals surface area contributed by atoms with Gasteiger partial charge in [-0.2, -0.15) is 0 Å². The van der Waals surface area contributed by atoms with E-state index in [1.165, 1.54) is 0 Å². The highest BCUT2D eigenvalue weighted by Crippen LogP contribution is 2.19. The van der Waals surface area contributed by atoms with Crippen LogP contribution in [0.25, 0.3) is 0 Å². The molecule has 1 aliphatic rings. The number of hydrogen-bond donors (Lipinski definition) is 0. The summed E-state index contributed by atoms with van der Waals surface area (Å²) in [6.07, 6.45) is 1.21. The number of Topliss-reactive ketones (excluding diaryl/α,β-unsaturated/α-hetero) is 1. The molecule has 0 aromatic heterocycles. The van der Waals surface area contributed by atoms with Crippen LogP contribution in [-0.4, -0.2) is 42.5 Å². The second-order valence-electron chi connectivity index (χ2n) is 5.04. The smallest absolute Gasteiger partial charge is 0.177 e. The number of carbonyl (C=O) groups is 1. The molecule has 1 fully saturated rings. The minimum atomic E-state index is 0.167. The Balaban J connectivity index is 2.07. The number of nitrogens with zero attached hydrogens (tertiary/aromatic N) is 1. The Morgan fingerprint density at radius 2 is 2.21 bits per heavy atom. The Morgan fingerprint density at radius 3 is 2.89 bits per heavy atom. The lowest BCUT2D eigenvalue weighted by molar-refractivity contribution is -0.0523. The fraction of sp³-hybridized carbons (Fsp3) is 0.533. The van der Waals surface area contributed by atoms with Gasteiger partial charge in [-0.3, -0.25) is 9.69 Å². The zero-order chi connectivity index (χ0) is 13.8. The third-order valence-electron chi connectivity index (χ3n) is 3.57. The Labute approximate surface area is 123 Å². The molecule has 0 amide bonds. The predicted octanol–water partition coefficient (Wildman–Crippen LogP) is 3.13.